The molecule has 74 valence electrons. The van der Waals surface area contributed by atoms with Crippen LogP contribution in [0.4, 0.5) is 0 Å². The Morgan fingerprint density at radius 2 is 1.83 bits per heavy atom. The Balaban J connectivity index is 4.49. The van der Waals surface area contributed by atoms with Crippen LogP contribution in [0.5, 0.6) is 0 Å². The normalized spacial score (nSPS) is 21.8. The molecule has 0 bridgehead atoms. The van der Waals surface area contributed by atoms with Crippen molar-refractivity contribution < 1.29 is 14.2 Å². The lowest BCUT2D eigenvalue weighted by atomic mass is 10.3. The maximum atomic E-state index is 5.45. The minimum atomic E-state index is -0.758. The van der Waals surface area contributed by atoms with Gasteiger partial charge < -0.3 is 14.2 Å². The summed E-state index contributed by atoms with van der Waals surface area (Å²) < 4.78 is 15.3. The van der Waals surface area contributed by atoms with Crippen molar-refractivity contribution >= 4 is 22.9 Å². The van der Waals surface area contributed by atoms with Crippen LogP contribution in [0.1, 0.15) is 13.8 Å². The molecule has 0 aromatic rings. The first kappa shape index (κ1) is 12.4. The third-order valence-corrected chi connectivity index (χ3v) is 3.95. The van der Waals surface area contributed by atoms with Gasteiger partial charge >= 0.3 is 0 Å². The van der Waals surface area contributed by atoms with Gasteiger partial charge in [0.15, 0.2) is 5.79 Å². The van der Waals surface area contributed by atoms with E-state index in [0.717, 1.165) is 10.2 Å². The Bertz CT molecular complexity index is 143. The number of hydrogen-bond acceptors (Lipinski definition) is 4. The molecule has 0 aliphatic carbocycles. The fourth-order valence-electron chi connectivity index (χ4n) is 0.843. The highest BCUT2D eigenvalue weighted by molar-refractivity contribution is 7.83. The third-order valence-electron chi connectivity index (χ3n) is 2.05. The summed E-state index contributed by atoms with van der Waals surface area (Å²) in [5.41, 5.74) is 0. The van der Waals surface area contributed by atoms with Crippen LogP contribution in [0.3, 0.4) is 0 Å². The van der Waals surface area contributed by atoms with Crippen molar-refractivity contribution in [3.63, 3.8) is 0 Å². The van der Waals surface area contributed by atoms with Crippen molar-refractivity contribution in [2.75, 3.05) is 20.8 Å². The van der Waals surface area contributed by atoms with Gasteiger partial charge in [-0.15, -0.1) is 12.6 Å². The molecule has 0 radical (unpaired) electrons. The molecule has 2 atom stereocenters. The monoisotopic (exact) mass is 210 g/mol. The minimum Gasteiger partial charge on any atom is -0.367 e. The first-order valence-electron chi connectivity index (χ1n) is 3.90. The topological polar surface area (TPSA) is 27.7 Å². The lowest BCUT2D eigenvalue weighted by molar-refractivity contribution is -0.253. The standard InChI is InChI=1S/C7H18O3SSi/c1-5-10-6(2,8-3)7(11,12)9-4/h11H,5H2,1-4,12H3. The first-order valence-corrected chi connectivity index (χ1v) is 5.35. The molecule has 0 amide bonds. The molecule has 0 rings (SSSR count). The molecule has 2 unspecified atom stereocenters. The zero-order valence-corrected chi connectivity index (χ0v) is 11.3. The van der Waals surface area contributed by atoms with E-state index in [1.54, 1.807) is 14.2 Å². The van der Waals surface area contributed by atoms with E-state index in [0.29, 0.717) is 6.61 Å². The largest absolute Gasteiger partial charge is 0.367 e. The SMILES string of the molecule is CCOC(C)(OC)C([SiH3])(S)OC. The van der Waals surface area contributed by atoms with E-state index < -0.39 is 10.3 Å². The molecule has 0 N–H and O–H groups in total. The van der Waals surface area contributed by atoms with Crippen molar-refractivity contribution in [3.8, 4) is 0 Å². The molecule has 0 aliphatic rings. The van der Waals surface area contributed by atoms with Crippen LogP contribution in [0, 0.1) is 0 Å². The molecular weight excluding hydrogens is 192 g/mol. The lowest BCUT2D eigenvalue weighted by Gasteiger charge is -2.40. The van der Waals surface area contributed by atoms with Gasteiger partial charge in [0.1, 0.15) is 4.56 Å². The summed E-state index contributed by atoms with van der Waals surface area (Å²) in [7, 11) is 3.92. The second-order valence-corrected chi connectivity index (χ2v) is 5.87. The first-order chi connectivity index (χ1) is 5.43. The van der Waals surface area contributed by atoms with Crippen molar-refractivity contribution in [2.24, 2.45) is 0 Å². The van der Waals surface area contributed by atoms with Crippen molar-refractivity contribution in [1.29, 1.82) is 0 Å². The van der Waals surface area contributed by atoms with Gasteiger partial charge in [0, 0.05) is 20.8 Å². The zero-order chi connectivity index (χ0) is 9.83. The Morgan fingerprint density at radius 3 is 2.08 bits per heavy atom. The van der Waals surface area contributed by atoms with Crippen LogP contribution in [0.2, 0.25) is 0 Å². The van der Waals surface area contributed by atoms with Crippen LogP contribution in [-0.4, -0.2) is 41.4 Å². The van der Waals surface area contributed by atoms with Crippen LogP contribution >= 0.6 is 12.6 Å². The van der Waals surface area contributed by atoms with E-state index in [9.17, 15) is 0 Å². The molecule has 0 heterocycles. The maximum absolute atomic E-state index is 5.45. The van der Waals surface area contributed by atoms with Gasteiger partial charge in [0.25, 0.3) is 0 Å². The van der Waals surface area contributed by atoms with Crippen molar-refractivity contribution in [3.05, 3.63) is 0 Å². The Hall–Kier alpha value is 0.447. The number of thiol groups is 1. The van der Waals surface area contributed by atoms with Crippen LogP contribution in [-0.2, 0) is 14.2 Å². The van der Waals surface area contributed by atoms with E-state index >= 15 is 0 Å². The molecule has 0 aliphatic heterocycles. The van der Waals surface area contributed by atoms with Crippen molar-refractivity contribution in [2.45, 2.75) is 24.2 Å². The van der Waals surface area contributed by atoms with E-state index in [2.05, 4.69) is 12.6 Å². The Kier molecular flexibility index (Phi) is 4.79. The van der Waals surface area contributed by atoms with Crippen LogP contribution < -0.4 is 0 Å². The summed E-state index contributed by atoms with van der Waals surface area (Å²) in [4.78, 5) is 0. The minimum absolute atomic E-state index is 0.582. The van der Waals surface area contributed by atoms with E-state index in [1.807, 2.05) is 13.8 Å². The van der Waals surface area contributed by atoms with Gasteiger partial charge in [-0.1, -0.05) is 0 Å². The molecule has 0 saturated heterocycles. The molecular formula is C7H18O3SSi. The smallest absolute Gasteiger partial charge is 0.199 e. The molecule has 0 aromatic carbocycles. The predicted octanol–water partition coefficient (Wildman–Crippen LogP) is -0.0191. The lowest BCUT2D eigenvalue weighted by Crippen LogP contribution is -2.53. The Morgan fingerprint density at radius 1 is 1.33 bits per heavy atom. The fraction of sp³-hybridized carbons (Fsp3) is 1.00. The summed E-state index contributed by atoms with van der Waals surface area (Å²) in [6, 6.07) is 0. The number of methoxy groups -OCH3 is 2. The molecule has 0 saturated carbocycles. The van der Waals surface area contributed by atoms with Crippen LogP contribution in [0.15, 0.2) is 0 Å². The zero-order valence-electron chi connectivity index (χ0n) is 8.38. The second-order valence-electron chi connectivity index (χ2n) is 2.77. The molecule has 0 fully saturated rings. The van der Waals surface area contributed by atoms with Crippen molar-refractivity contribution in [1.82, 2.24) is 0 Å². The molecule has 3 nitrogen and oxygen atoms in total. The van der Waals surface area contributed by atoms with Crippen LogP contribution in [0.25, 0.3) is 0 Å². The van der Waals surface area contributed by atoms with Gasteiger partial charge in [-0.3, -0.25) is 0 Å². The molecule has 0 aromatic heterocycles. The maximum Gasteiger partial charge on any atom is 0.199 e. The summed E-state index contributed by atoms with van der Waals surface area (Å²) in [5.74, 6) is -0.758. The number of hydrogen-bond donors (Lipinski definition) is 1. The summed E-state index contributed by atoms with van der Waals surface area (Å²) in [5, 5.41) is 0. The summed E-state index contributed by atoms with van der Waals surface area (Å²) in [6.45, 7) is 4.33. The highest BCUT2D eigenvalue weighted by Gasteiger charge is 2.43. The molecule has 0 spiro atoms. The third kappa shape index (κ3) is 2.47. The van der Waals surface area contributed by atoms with E-state index in [4.69, 9.17) is 14.2 Å². The van der Waals surface area contributed by atoms with Gasteiger partial charge in [0.2, 0.25) is 0 Å². The highest BCUT2D eigenvalue weighted by Crippen LogP contribution is 2.30. The average Bonchev–Trinajstić information content (AvgIpc) is 2.04. The fourth-order valence-corrected chi connectivity index (χ4v) is 1.35. The predicted molar refractivity (Wildman–Crippen MR) is 55.7 cm³/mol. The van der Waals surface area contributed by atoms with E-state index in [1.165, 1.54) is 0 Å². The van der Waals surface area contributed by atoms with Gasteiger partial charge in [0.05, 0.1) is 10.2 Å². The quantitative estimate of drug-likeness (QED) is 0.393. The van der Waals surface area contributed by atoms with E-state index in [-0.39, 0.29) is 0 Å². The highest BCUT2D eigenvalue weighted by atomic mass is 32.1. The second kappa shape index (κ2) is 4.62. The number of rotatable bonds is 5. The molecule has 5 heteroatoms. The van der Waals surface area contributed by atoms with Gasteiger partial charge in [-0.05, 0) is 13.8 Å². The Labute approximate surface area is 82.6 Å². The van der Waals surface area contributed by atoms with Gasteiger partial charge in [-0.2, -0.15) is 0 Å². The molecule has 12 heavy (non-hydrogen) atoms. The average molecular weight is 210 g/mol. The summed E-state index contributed by atoms with van der Waals surface area (Å²) in [6.07, 6.45) is 0. The number of ether oxygens (including phenoxy) is 3. The summed E-state index contributed by atoms with van der Waals surface area (Å²) >= 11 is 4.37. The van der Waals surface area contributed by atoms with Gasteiger partial charge in [-0.25, -0.2) is 0 Å².